The van der Waals surface area contributed by atoms with Crippen LogP contribution in [-0.2, 0) is 17.8 Å². The van der Waals surface area contributed by atoms with Crippen molar-refractivity contribution >= 4 is 34.3 Å². The van der Waals surface area contributed by atoms with Gasteiger partial charge in [-0.3, -0.25) is 4.79 Å². The third kappa shape index (κ3) is 4.74. The van der Waals surface area contributed by atoms with Crippen LogP contribution in [0.2, 0.25) is 0 Å². The molecule has 1 amide bonds. The van der Waals surface area contributed by atoms with Gasteiger partial charge in [-0.05, 0) is 47.9 Å². The summed E-state index contributed by atoms with van der Waals surface area (Å²) < 4.78 is 15.7. The number of hydrogen-bond acceptors (Lipinski definition) is 2. The number of carbonyl (C=O) groups excluding carboxylic acids is 1. The number of rotatable bonds is 7. The summed E-state index contributed by atoms with van der Waals surface area (Å²) in [5.41, 5.74) is 4.03. The molecule has 4 rings (SSSR count). The molecule has 0 saturated heterocycles. The number of aryl methyl sites for hydroxylation is 1. The maximum atomic E-state index is 13.6. The van der Waals surface area contributed by atoms with Crippen LogP contribution < -0.4 is 5.32 Å². The predicted molar refractivity (Wildman–Crippen MR) is 123 cm³/mol. The number of thioether (sulfide) groups is 1. The first-order chi connectivity index (χ1) is 14.6. The highest BCUT2D eigenvalue weighted by atomic mass is 32.2. The smallest absolute Gasteiger partial charge is 0.234 e. The molecule has 3 aromatic carbocycles. The Balaban J connectivity index is 1.47. The minimum absolute atomic E-state index is 0.0359. The van der Waals surface area contributed by atoms with Crippen LogP contribution in [0, 0.1) is 5.82 Å². The quantitative estimate of drug-likeness (QED) is 0.367. The zero-order valence-electron chi connectivity index (χ0n) is 16.8. The van der Waals surface area contributed by atoms with Crippen LogP contribution in [0.25, 0.3) is 10.9 Å². The lowest BCUT2D eigenvalue weighted by Gasteiger charge is -2.06. The molecular formula is C25H23FN2OS. The number of carbonyl (C=O) groups is 1. The fourth-order valence-corrected chi connectivity index (χ4v) is 4.34. The Kier molecular flexibility index (Phi) is 6.19. The molecule has 0 fully saturated rings. The molecule has 1 heterocycles. The van der Waals surface area contributed by atoms with Crippen molar-refractivity contribution in [3.63, 3.8) is 0 Å². The van der Waals surface area contributed by atoms with Gasteiger partial charge in [0.2, 0.25) is 5.91 Å². The van der Waals surface area contributed by atoms with Crippen LogP contribution in [0.4, 0.5) is 10.1 Å². The van der Waals surface area contributed by atoms with Crippen molar-refractivity contribution in [1.29, 1.82) is 0 Å². The molecular weight excluding hydrogens is 395 g/mol. The first-order valence-electron chi connectivity index (χ1n) is 9.96. The van der Waals surface area contributed by atoms with Gasteiger partial charge in [0.15, 0.2) is 0 Å². The van der Waals surface area contributed by atoms with E-state index in [9.17, 15) is 9.18 Å². The number of halogens is 1. The maximum absolute atomic E-state index is 13.6. The van der Waals surface area contributed by atoms with Crippen molar-refractivity contribution in [3.8, 4) is 0 Å². The molecule has 3 nitrogen and oxygen atoms in total. The lowest BCUT2D eigenvalue weighted by atomic mass is 10.1. The van der Waals surface area contributed by atoms with Gasteiger partial charge in [-0.25, -0.2) is 4.39 Å². The summed E-state index contributed by atoms with van der Waals surface area (Å²) in [5, 5.41) is 4.05. The van der Waals surface area contributed by atoms with Crippen molar-refractivity contribution in [2.45, 2.75) is 24.8 Å². The second kappa shape index (κ2) is 9.18. The number of nitrogens with one attached hydrogen (secondary N) is 1. The van der Waals surface area contributed by atoms with E-state index in [1.807, 2.05) is 54.7 Å². The van der Waals surface area contributed by atoms with E-state index in [1.165, 1.54) is 23.4 Å². The zero-order chi connectivity index (χ0) is 20.9. The number of benzene rings is 3. The number of fused-ring (bicyclic) bond motifs is 1. The van der Waals surface area contributed by atoms with Crippen LogP contribution in [0.1, 0.15) is 18.1 Å². The van der Waals surface area contributed by atoms with Crippen molar-refractivity contribution in [3.05, 3.63) is 95.9 Å². The molecule has 30 heavy (non-hydrogen) atoms. The Bertz CT molecular complexity index is 1170. The van der Waals surface area contributed by atoms with Gasteiger partial charge in [-0.1, -0.05) is 49.4 Å². The first-order valence-corrected chi connectivity index (χ1v) is 10.9. The van der Waals surface area contributed by atoms with E-state index in [1.54, 1.807) is 12.1 Å². The topological polar surface area (TPSA) is 34.0 Å². The van der Waals surface area contributed by atoms with Gasteiger partial charge in [0.1, 0.15) is 5.82 Å². The Morgan fingerprint density at radius 1 is 1.00 bits per heavy atom. The minimum atomic E-state index is -0.234. The summed E-state index contributed by atoms with van der Waals surface area (Å²) in [7, 11) is 0. The van der Waals surface area contributed by atoms with E-state index < -0.39 is 0 Å². The summed E-state index contributed by atoms with van der Waals surface area (Å²) >= 11 is 1.51. The van der Waals surface area contributed by atoms with E-state index >= 15 is 0 Å². The van der Waals surface area contributed by atoms with Gasteiger partial charge in [-0.2, -0.15) is 0 Å². The van der Waals surface area contributed by atoms with Gasteiger partial charge < -0.3 is 9.88 Å². The summed E-state index contributed by atoms with van der Waals surface area (Å²) in [4.78, 5) is 13.5. The molecule has 0 aliphatic heterocycles. The maximum Gasteiger partial charge on any atom is 0.234 e. The molecule has 0 spiro atoms. The van der Waals surface area contributed by atoms with Crippen molar-refractivity contribution in [1.82, 2.24) is 4.57 Å². The summed E-state index contributed by atoms with van der Waals surface area (Å²) in [6, 6.07) is 22.7. The summed E-state index contributed by atoms with van der Waals surface area (Å²) in [6.07, 6.45) is 3.02. The standard InChI is InChI=1S/C25H23FN2OS/c1-2-18-10-12-21(13-11-18)27-25(29)17-30-24-16-28(23-9-4-3-8-22(23)24)15-19-6-5-7-20(26)14-19/h3-14,16H,2,15,17H2,1H3,(H,27,29). The number of aromatic nitrogens is 1. The van der Waals surface area contributed by atoms with Gasteiger partial charge in [0, 0.05) is 34.2 Å². The fourth-order valence-electron chi connectivity index (χ4n) is 3.46. The summed E-state index contributed by atoms with van der Waals surface area (Å²) in [5.74, 6) is 0.0529. The summed E-state index contributed by atoms with van der Waals surface area (Å²) in [6.45, 7) is 2.68. The van der Waals surface area contributed by atoms with Crippen LogP contribution in [-0.4, -0.2) is 16.2 Å². The average Bonchev–Trinajstić information content (AvgIpc) is 3.10. The lowest BCUT2D eigenvalue weighted by molar-refractivity contribution is -0.113. The van der Waals surface area contributed by atoms with Crippen molar-refractivity contribution in [2.24, 2.45) is 0 Å². The Labute approximate surface area is 179 Å². The zero-order valence-corrected chi connectivity index (χ0v) is 17.6. The van der Waals surface area contributed by atoms with E-state index in [4.69, 9.17) is 0 Å². The van der Waals surface area contributed by atoms with Gasteiger partial charge in [0.05, 0.1) is 5.75 Å². The van der Waals surface area contributed by atoms with Gasteiger partial charge in [-0.15, -0.1) is 11.8 Å². The predicted octanol–water partition coefficient (Wildman–Crippen LogP) is 6.12. The SMILES string of the molecule is CCc1ccc(NC(=O)CSc2cn(Cc3cccc(F)c3)c3ccccc23)cc1. The Morgan fingerprint density at radius 2 is 1.80 bits per heavy atom. The van der Waals surface area contributed by atoms with E-state index in [-0.39, 0.29) is 11.7 Å². The molecule has 0 aliphatic rings. The largest absolute Gasteiger partial charge is 0.342 e. The normalized spacial score (nSPS) is 11.0. The molecule has 0 unspecified atom stereocenters. The highest BCUT2D eigenvalue weighted by molar-refractivity contribution is 8.00. The van der Waals surface area contributed by atoms with Crippen molar-refractivity contribution in [2.75, 3.05) is 11.1 Å². The van der Waals surface area contributed by atoms with Gasteiger partial charge >= 0.3 is 0 Å². The molecule has 4 aromatic rings. The number of nitrogens with zero attached hydrogens (tertiary/aromatic N) is 1. The van der Waals surface area contributed by atoms with Crippen LogP contribution in [0.3, 0.4) is 0 Å². The van der Waals surface area contributed by atoms with Crippen LogP contribution in [0.5, 0.6) is 0 Å². The van der Waals surface area contributed by atoms with Gasteiger partial charge in [0.25, 0.3) is 0 Å². The second-order valence-electron chi connectivity index (χ2n) is 7.16. The fraction of sp³-hybridized carbons (Fsp3) is 0.160. The van der Waals surface area contributed by atoms with E-state index in [2.05, 4.69) is 22.9 Å². The highest BCUT2D eigenvalue weighted by Crippen LogP contribution is 2.30. The van der Waals surface area contributed by atoms with E-state index in [0.29, 0.717) is 12.3 Å². The lowest BCUT2D eigenvalue weighted by Crippen LogP contribution is -2.13. The third-order valence-corrected chi connectivity index (χ3v) is 6.04. The molecule has 0 saturated carbocycles. The van der Waals surface area contributed by atoms with Crippen LogP contribution in [0.15, 0.2) is 83.9 Å². The average molecular weight is 419 g/mol. The van der Waals surface area contributed by atoms with Crippen molar-refractivity contribution < 1.29 is 9.18 Å². The Hall–Kier alpha value is -3.05. The molecule has 152 valence electrons. The van der Waals surface area contributed by atoms with Crippen LogP contribution >= 0.6 is 11.8 Å². The molecule has 0 atom stereocenters. The number of hydrogen-bond donors (Lipinski definition) is 1. The number of para-hydroxylation sites is 1. The molecule has 0 aliphatic carbocycles. The molecule has 1 N–H and O–H groups in total. The first kappa shape index (κ1) is 20.2. The Morgan fingerprint density at radius 3 is 2.57 bits per heavy atom. The molecule has 0 bridgehead atoms. The monoisotopic (exact) mass is 418 g/mol. The molecule has 5 heteroatoms. The third-order valence-electron chi connectivity index (χ3n) is 5.00. The minimum Gasteiger partial charge on any atom is -0.342 e. The molecule has 0 radical (unpaired) electrons. The van der Waals surface area contributed by atoms with E-state index in [0.717, 1.165) is 33.5 Å². The number of anilines is 1. The highest BCUT2D eigenvalue weighted by Gasteiger charge is 2.11. The number of amides is 1. The molecule has 1 aromatic heterocycles. The second-order valence-corrected chi connectivity index (χ2v) is 8.17.